The summed E-state index contributed by atoms with van der Waals surface area (Å²) in [6.07, 6.45) is 1.81. The summed E-state index contributed by atoms with van der Waals surface area (Å²) >= 11 is 5.23. The molecule has 0 fully saturated rings. The molecule has 0 unspecified atom stereocenters. The minimum absolute atomic E-state index is 0.823. The van der Waals surface area contributed by atoms with Crippen LogP contribution in [0.2, 0.25) is 0 Å². The Hall–Kier alpha value is -1.59. The van der Waals surface area contributed by atoms with Gasteiger partial charge >= 0.3 is 0 Å². The minimum atomic E-state index is 0.823. The minimum Gasteiger partial charge on any atom is -0.373 e. The van der Waals surface area contributed by atoms with Crippen LogP contribution in [0.15, 0.2) is 58.2 Å². The first-order valence-corrected chi connectivity index (χ1v) is 8.35. The van der Waals surface area contributed by atoms with Crippen LogP contribution in [0.5, 0.6) is 0 Å². The topological polar surface area (TPSA) is 37.8 Å². The van der Waals surface area contributed by atoms with Gasteiger partial charge in [0.15, 0.2) is 0 Å². The Morgan fingerprint density at radius 2 is 2.05 bits per heavy atom. The van der Waals surface area contributed by atoms with Gasteiger partial charge in [-0.25, -0.2) is 9.97 Å². The van der Waals surface area contributed by atoms with Crippen molar-refractivity contribution >= 4 is 44.4 Å². The summed E-state index contributed by atoms with van der Waals surface area (Å²) in [6.45, 7) is 0. The molecule has 3 rings (SSSR count). The zero-order chi connectivity index (χ0) is 14.7. The van der Waals surface area contributed by atoms with Crippen molar-refractivity contribution in [1.29, 1.82) is 0 Å². The lowest BCUT2D eigenvalue weighted by Gasteiger charge is -2.10. The molecule has 0 aliphatic rings. The van der Waals surface area contributed by atoms with Crippen molar-refractivity contribution in [2.45, 2.75) is 10.8 Å². The first-order chi connectivity index (χ1) is 10.3. The molecule has 1 N–H and O–H groups in total. The van der Waals surface area contributed by atoms with Gasteiger partial charge in [-0.15, -0.1) is 11.8 Å². The van der Waals surface area contributed by atoms with Crippen molar-refractivity contribution in [3.05, 3.63) is 58.7 Å². The lowest BCUT2D eigenvalue weighted by molar-refractivity contribution is 1.11. The van der Waals surface area contributed by atoms with Gasteiger partial charge in [0.25, 0.3) is 0 Å². The fourth-order valence-electron chi connectivity index (χ4n) is 2.11. The van der Waals surface area contributed by atoms with E-state index in [1.807, 2.05) is 43.6 Å². The van der Waals surface area contributed by atoms with Gasteiger partial charge in [0.1, 0.15) is 10.8 Å². The van der Waals surface area contributed by atoms with E-state index in [1.165, 1.54) is 5.56 Å². The Balaban J connectivity index is 1.91. The number of nitrogens with zero attached hydrogens (tertiary/aromatic N) is 2. The lowest BCUT2D eigenvalue weighted by Crippen LogP contribution is -1.98. The first-order valence-electron chi connectivity index (χ1n) is 6.57. The molecule has 2 heterocycles. The molecule has 0 aliphatic carbocycles. The average Bonchev–Trinajstić information content (AvgIpc) is 2.53. The largest absolute Gasteiger partial charge is 0.373 e. The molecule has 106 valence electrons. The Morgan fingerprint density at radius 1 is 1.19 bits per heavy atom. The summed E-state index contributed by atoms with van der Waals surface area (Å²) in [6, 6.07) is 14.3. The molecule has 0 atom stereocenters. The van der Waals surface area contributed by atoms with Gasteiger partial charge in [0, 0.05) is 34.4 Å². The third kappa shape index (κ3) is 3.19. The third-order valence-electron chi connectivity index (χ3n) is 3.13. The number of hydrogen-bond acceptors (Lipinski definition) is 4. The highest BCUT2D eigenvalue weighted by molar-refractivity contribution is 9.10. The predicted molar refractivity (Wildman–Crippen MR) is 92.8 cm³/mol. The number of para-hydroxylation sites is 1. The van der Waals surface area contributed by atoms with Crippen LogP contribution in [0.25, 0.3) is 10.9 Å². The molecule has 2 aromatic heterocycles. The summed E-state index contributed by atoms with van der Waals surface area (Å²) in [5, 5.41) is 5.33. The molecule has 0 saturated carbocycles. The summed E-state index contributed by atoms with van der Waals surface area (Å²) in [4.78, 5) is 9.06. The molecular formula is C16H14BrN3S. The van der Waals surface area contributed by atoms with Crippen molar-refractivity contribution in [3.63, 3.8) is 0 Å². The number of aromatic nitrogens is 2. The molecule has 0 saturated heterocycles. The summed E-state index contributed by atoms with van der Waals surface area (Å²) in [7, 11) is 1.90. The molecule has 0 bridgehead atoms. The van der Waals surface area contributed by atoms with E-state index < -0.39 is 0 Å². The van der Waals surface area contributed by atoms with Crippen molar-refractivity contribution in [2.24, 2.45) is 0 Å². The fourth-order valence-corrected chi connectivity index (χ4v) is 3.56. The number of rotatable bonds is 4. The van der Waals surface area contributed by atoms with Crippen LogP contribution in [0.4, 0.5) is 5.82 Å². The number of thioether (sulfide) groups is 1. The van der Waals surface area contributed by atoms with E-state index in [9.17, 15) is 0 Å². The maximum absolute atomic E-state index is 4.67. The quantitative estimate of drug-likeness (QED) is 0.683. The molecule has 21 heavy (non-hydrogen) atoms. The summed E-state index contributed by atoms with van der Waals surface area (Å²) < 4.78 is 1.02. The second-order valence-electron chi connectivity index (χ2n) is 4.52. The second kappa shape index (κ2) is 6.45. The van der Waals surface area contributed by atoms with E-state index in [-0.39, 0.29) is 0 Å². The maximum Gasteiger partial charge on any atom is 0.130 e. The molecule has 0 aliphatic heterocycles. The standard InChI is InChI=1S/C16H14BrN3S/c1-18-15-12(9-11-5-2-3-7-14(11)20-15)10-21-16-13(17)6-4-8-19-16/h2-9H,10H2,1H3,(H,18,20). The zero-order valence-corrected chi connectivity index (χ0v) is 13.9. The van der Waals surface area contributed by atoms with Crippen molar-refractivity contribution < 1.29 is 0 Å². The highest BCUT2D eigenvalue weighted by atomic mass is 79.9. The second-order valence-corrected chi connectivity index (χ2v) is 6.34. The molecule has 0 amide bonds. The van der Waals surface area contributed by atoms with E-state index in [2.05, 4.69) is 43.3 Å². The zero-order valence-electron chi connectivity index (χ0n) is 11.5. The van der Waals surface area contributed by atoms with Gasteiger partial charge in [0.2, 0.25) is 0 Å². The van der Waals surface area contributed by atoms with Crippen LogP contribution in [-0.4, -0.2) is 17.0 Å². The first kappa shape index (κ1) is 14.4. The van der Waals surface area contributed by atoms with E-state index in [0.29, 0.717) is 0 Å². The highest BCUT2D eigenvalue weighted by Gasteiger charge is 2.08. The van der Waals surface area contributed by atoms with E-state index in [0.717, 1.165) is 32.0 Å². The van der Waals surface area contributed by atoms with E-state index in [1.54, 1.807) is 11.8 Å². The maximum atomic E-state index is 4.67. The SMILES string of the molecule is CNc1nc2ccccc2cc1CSc1ncccc1Br. The number of pyridine rings is 2. The van der Waals surface area contributed by atoms with Gasteiger partial charge in [0.05, 0.1) is 5.52 Å². The van der Waals surface area contributed by atoms with Gasteiger partial charge in [-0.3, -0.25) is 0 Å². The Bertz CT molecular complexity index is 776. The van der Waals surface area contributed by atoms with Crippen LogP contribution in [0.3, 0.4) is 0 Å². The number of halogens is 1. The monoisotopic (exact) mass is 359 g/mol. The normalized spacial score (nSPS) is 10.8. The van der Waals surface area contributed by atoms with E-state index >= 15 is 0 Å². The average molecular weight is 360 g/mol. The molecule has 1 aromatic carbocycles. The Morgan fingerprint density at radius 3 is 2.86 bits per heavy atom. The van der Waals surface area contributed by atoms with Crippen molar-refractivity contribution in [3.8, 4) is 0 Å². The molecule has 3 nitrogen and oxygen atoms in total. The van der Waals surface area contributed by atoms with Crippen LogP contribution in [0, 0.1) is 0 Å². The number of benzene rings is 1. The Labute approximate surface area is 136 Å². The highest BCUT2D eigenvalue weighted by Crippen LogP contribution is 2.30. The van der Waals surface area contributed by atoms with Gasteiger partial charge in [-0.2, -0.15) is 0 Å². The smallest absolute Gasteiger partial charge is 0.130 e. The van der Waals surface area contributed by atoms with Crippen molar-refractivity contribution in [1.82, 2.24) is 9.97 Å². The number of fused-ring (bicyclic) bond motifs is 1. The Kier molecular flexibility index (Phi) is 4.41. The number of hydrogen-bond donors (Lipinski definition) is 1. The summed E-state index contributed by atoms with van der Waals surface area (Å²) in [5.41, 5.74) is 2.19. The fraction of sp³-hybridized carbons (Fsp3) is 0.125. The molecular weight excluding hydrogens is 346 g/mol. The van der Waals surface area contributed by atoms with Gasteiger partial charge < -0.3 is 5.32 Å². The van der Waals surface area contributed by atoms with Crippen LogP contribution >= 0.6 is 27.7 Å². The number of anilines is 1. The van der Waals surface area contributed by atoms with E-state index in [4.69, 9.17) is 0 Å². The van der Waals surface area contributed by atoms with Crippen LogP contribution in [-0.2, 0) is 5.75 Å². The lowest BCUT2D eigenvalue weighted by atomic mass is 10.1. The predicted octanol–water partition coefficient (Wildman–Crippen LogP) is 4.73. The van der Waals surface area contributed by atoms with Crippen LogP contribution in [0.1, 0.15) is 5.56 Å². The number of nitrogens with one attached hydrogen (secondary N) is 1. The molecule has 3 aromatic rings. The summed E-state index contributed by atoms with van der Waals surface area (Å²) in [5.74, 6) is 1.75. The van der Waals surface area contributed by atoms with Gasteiger partial charge in [-0.05, 0) is 40.2 Å². The molecule has 5 heteroatoms. The molecule has 0 spiro atoms. The van der Waals surface area contributed by atoms with Gasteiger partial charge in [-0.1, -0.05) is 18.2 Å². The van der Waals surface area contributed by atoms with Crippen LogP contribution < -0.4 is 5.32 Å². The third-order valence-corrected chi connectivity index (χ3v) is 5.09. The van der Waals surface area contributed by atoms with Crippen molar-refractivity contribution in [2.75, 3.05) is 12.4 Å². The molecule has 0 radical (unpaired) electrons.